The van der Waals surface area contributed by atoms with Crippen LogP contribution in [0.25, 0.3) is 5.70 Å². The lowest BCUT2D eigenvalue weighted by molar-refractivity contribution is -0.137. The number of allylic oxidation sites excluding steroid dienone is 2. The van der Waals surface area contributed by atoms with Crippen LogP contribution in [-0.2, 0) is 6.18 Å². The van der Waals surface area contributed by atoms with Gasteiger partial charge in [0.1, 0.15) is 0 Å². The lowest BCUT2D eigenvalue weighted by atomic mass is 10.1. The molecular weight excluding hydrogens is 267 g/mol. The van der Waals surface area contributed by atoms with Crippen LogP contribution in [0.5, 0.6) is 0 Å². The quantitative estimate of drug-likeness (QED) is 0.727. The summed E-state index contributed by atoms with van der Waals surface area (Å²) in [5.74, 6) is 0.0379. The molecule has 0 aliphatic carbocycles. The molecule has 0 saturated heterocycles. The highest BCUT2D eigenvalue weighted by atomic mass is 35.5. The van der Waals surface area contributed by atoms with E-state index >= 15 is 0 Å². The Bertz CT molecular complexity index is 503. The summed E-state index contributed by atoms with van der Waals surface area (Å²) in [4.78, 5) is 0. The predicted octanol–water partition coefficient (Wildman–Crippen LogP) is 2.42. The Kier molecular flexibility index (Phi) is 4.13. The van der Waals surface area contributed by atoms with Crippen molar-refractivity contribution in [2.75, 3.05) is 0 Å². The van der Waals surface area contributed by atoms with Crippen LogP contribution in [0.15, 0.2) is 36.2 Å². The lowest BCUT2D eigenvalue weighted by Gasteiger charge is -2.10. The Labute approximate surface area is 107 Å². The predicted molar refractivity (Wildman–Crippen MR) is 65.1 cm³/mol. The van der Waals surface area contributed by atoms with Crippen molar-refractivity contribution in [2.24, 2.45) is 17.2 Å². The van der Waals surface area contributed by atoms with E-state index in [1.807, 2.05) is 0 Å². The summed E-state index contributed by atoms with van der Waals surface area (Å²) in [6, 6.07) is 3.23. The zero-order chi connectivity index (χ0) is 13.9. The number of alkyl halides is 3. The molecule has 0 aliphatic heterocycles. The van der Waals surface area contributed by atoms with Gasteiger partial charge in [-0.25, -0.2) is 0 Å². The Balaban J connectivity index is 3.13. The minimum absolute atomic E-state index is 0.0379. The summed E-state index contributed by atoms with van der Waals surface area (Å²) in [7, 11) is 0. The first-order valence-electron chi connectivity index (χ1n) is 4.77. The third kappa shape index (κ3) is 3.59. The molecule has 1 rings (SSSR count). The van der Waals surface area contributed by atoms with Crippen molar-refractivity contribution in [1.82, 2.24) is 0 Å². The summed E-state index contributed by atoms with van der Waals surface area (Å²) >= 11 is 5.55. The largest absolute Gasteiger partial charge is 0.417 e. The van der Waals surface area contributed by atoms with E-state index in [1.54, 1.807) is 0 Å². The molecule has 0 heterocycles. The van der Waals surface area contributed by atoms with Gasteiger partial charge in [0.2, 0.25) is 0 Å². The summed E-state index contributed by atoms with van der Waals surface area (Å²) in [6.45, 7) is 0. The van der Waals surface area contributed by atoms with Crippen LogP contribution in [0.3, 0.4) is 0 Å². The minimum atomic E-state index is -4.49. The van der Waals surface area contributed by atoms with Crippen molar-refractivity contribution in [3.05, 3.63) is 52.3 Å². The van der Waals surface area contributed by atoms with Gasteiger partial charge in [-0.2, -0.15) is 13.2 Å². The number of nitrogens with two attached hydrogens (primary N) is 3. The van der Waals surface area contributed by atoms with Gasteiger partial charge in [-0.1, -0.05) is 17.7 Å². The van der Waals surface area contributed by atoms with E-state index < -0.39 is 16.8 Å². The molecule has 0 aliphatic rings. The van der Waals surface area contributed by atoms with Crippen molar-refractivity contribution in [1.29, 1.82) is 0 Å². The van der Waals surface area contributed by atoms with E-state index in [9.17, 15) is 13.2 Å². The Morgan fingerprint density at radius 2 is 1.72 bits per heavy atom. The molecule has 0 radical (unpaired) electrons. The maximum Gasteiger partial charge on any atom is 0.417 e. The number of hydrogen-bond donors (Lipinski definition) is 3. The van der Waals surface area contributed by atoms with Crippen molar-refractivity contribution in [2.45, 2.75) is 6.18 Å². The van der Waals surface area contributed by atoms with Gasteiger partial charge in [0.25, 0.3) is 0 Å². The van der Waals surface area contributed by atoms with Gasteiger partial charge in [-0.3, -0.25) is 0 Å². The Hall–Kier alpha value is -1.82. The Morgan fingerprint density at radius 1 is 1.11 bits per heavy atom. The summed E-state index contributed by atoms with van der Waals surface area (Å²) in [5, 5.41) is -0.416. The number of rotatable bonds is 2. The molecule has 7 heteroatoms. The van der Waals surface area contributed by atoms with Crippen LogP contribution in [0.2, 0.25) is 5.02 Å². The zero-order valence-corrected chi connectivity index (χ0v) is 9.89. The molecule has 98 valence electrons. The molecule has 18 heavy (non-hydrogen) atoms. The normalized spacial score (nSPS) is 12.3. The molecular formula is C11H11ClF3N3. The van der Waals surface area contributed by atoms with E-state index in [0.717, 1.165) is 12.1 Å². The SMILES string of the molecule is NC(N)=C/C=C(\N)c1ccc(C(F)(F)F)c(Cl)c1. The topological polar surface area (TPSA) is 78.1 Å². The van der Waals surface area contributed by atoms with Gasteiger partial charge in [0.15, 0.2) is 0 Å². The van der Waals surface area contributed by atoms with Crippen LogP contribution in [-0.4, -0.2) is 0 Å². The fraction of sp³-hybridized carbons (Fsp3) is 0.0909. The van der Waals surface area contributed by atoms with Crippen LogP contribution in [0.1, 0.15) is 11.1 Å². The molecule has 0 spiro atoms. The van der Waals surface area contributed by atoms with Gasteiger partial charge in [0.05, 0.1) is 16.4 Å². The maximum absolute atomic E-state index is 12.5. The maximum atomic E-state index is 12.5. The smallest absolute Gasteiger partial charge is 0.398 e. The van der Waals surface area contributed by atoms with Crippen LogP contribution >= 0.6 is 11.6 Å². The summed E-state index contributed by atoms with van der Waals surface area (Å²) in [6.07, 6.45) is -1.77. The minimum Gasteiger partial charge on any atom is -0.398 e. The molecule has 6 N–H and O–H groups in total. The molecule has 0 fully saturated rings. The van der Waals surface area contributed by atoms with Gasteiger partial charge < -0.3 is 17.2 Å². The summed E-state index contributed by atoms with van der Waals surface area (Å²) < 4.78 is 37.4. The molecule has 0 amide bonds. The van der Waals surface area contributed by atoms with Gasteiger partial charge >= 0.3 is 6.18 Å². The summed E-state index contributed by atoms with van der Waals surface area (Å²) in [5.41, 5.74) is 15.7. The van der Waals surface area contributed by atoms with E-state index in [0.29, 0.717) is 5.56 Å². The zero-order valence-electron chi connectivity index (χ0n) is 9.13. The first-order valence-corrected chi connectivity index (χ1v) is 5.15. The fourth-order valence-electron chi connectivity index (χ4n) is 1.21. The standard InChI is InChI=1S/C11H11ClF3N3/c12-8-5-6(9(16)3-4-10(17)18)1-2-7(8)11(13,14)15/h1-5H,16-18H2/b9-3-. The second-order valence-electron chi connectivity index (χ2n) is 3.48. The van der Waals surface area contributed by atoms with E-state index in [1.165, 1.54) is 18.2 Å². The second-order valence-corrected chi connectivity index (χ2v) is 3.89. The van der Waals surface area contributed by atoms with Crippen molar-refractivity contribution >= 4 is 17.3 Å². The van der Waals surface area contributed by atoms with Crippen molar-refractivity contribution in [3.8, 4) is 0 Å². The fourth-order valence-corrected chi connectivity index (χ4v) is 1.49. The molecule has 0 aromatic heterocycles. The van der Waals surface area contributed by atoms with Gasteiger partial charge in [-0.05, 0) is 29.8 Å². The van der Waals surface area contributed by atoms with Crippen LogP contribution in [0.4, 0.5) is 13.2 Å². The molecule has 0 unspecified atom stereocenters. The highest BCUT2D eigenvalue weighted by Crippen LogP contribution is 2.35. The van der Waals surface area contributed by atoms with E-state index in [2.05, 4.69) is 0 Å². The highest BCUT2D eigenvalue weighted by Gasteiger charge is 2.33. The molecule has 0 atom stereocenters. The molecule has 0 bridgehead atoms. The van der Waals surface area contributed by atoms with Crippen LogP contribution < -0.4 is 17.2 Å². The number of halogens is 4. The molecule has 1 aromatic rings. The first kappa shape index (κ1) is 14.2. The van der Waals surface area contributed by atoms with Crippen molar-refractivity contribution in [3.63, 3.8) is 0 Å². The molecule has 3 nitrogen and oxygen atoms in total. The average Bonchev–Trinajstić information content (AvgIpc) is 2.23. The Morgan fingerprint density at radius 3 is 2.17 bits per heavy atom. The van der Waals surface area contributed by atoms with Crippen LogP contribution in [0, 0.1) is 0 Å². The van der Waals surface area contributed by atoms with Crippen molar-refractivity contribution < 1.29 is 13.2 Å². The average molecular weight is 278 g/mol. The third-order valence-electron chi connectivity index (χ3n) is 2.06. The second kappa shape index (κ2) is 5.22. The first-order chi connectivity index (χ1) is 8.21. The number of hydrogen-bond acceptors (Lipinski definition) is 3. The van der Waals surface area contributed by atoms with Gasteiger partial charge in [0, 0.05) is 5.70 Å². The third-order valence-corrected chi connectivity index (χ3v) is 2.38. The monoisotopic (exact) mass is 277 g/mol. The van der Waals surface area contributed by atoms with E-state index in [4.69, 9.17) is 28.8 Å². The van der Waals surface area contributed by atoms with E-state index in [-0.39, 0.29) is 11.5 Å². The molecule has 0 saturated carbocycles. The highest BCUT2D eigenvalue weighted by molar-refractivity contribution is 6.31. The lowest BCUT2D eigenvalue weighted by Crippen LogP contribution is -2.08. The van der Waals surface area contributed by atoms with Gasteiger partial charge in [-0.15, -0.1) is 0 Å². The molecule has 1 aromatic carbocycles. The number of benzene rings is 1.